The minimum atomic E-state index is 0.600. The van der Waals surface area contributed by atoms with Gasteiger partial charge in [-0.15, -0.1) is 11.8 Å². The first kappa shape index (κ1) is 13.3. The monoisotopic (exact) mass is 260 g/mol. The van der Waals surface area contributed by atoms with E-state index in [4.69, 9.17) is 0 Å². The van der Waals surface area contributed by atoms with E-state index in [2.05, 4.69) is 30.1 Å². The fourth-order valence-corrected chi connectivity index (χ4v) is 3.33. The molecule has 96 valence electrons. The Kier molecular flexibility index (Phi) is 4.54. The van der Waals surface area contributed by atoms with Gasteiger partial charge in [-0.3, -0.25) is 0 Å². The van der Waals surface area contributed by atoms with E-state index in [1.165, 1.54) is 32.1 Å². The standard InChI is InChI=1S/C15H20N2S/c1-17(12-7-4-3-5-8-12)14-9-6-10-15(18-2)13(14)11-16/h6,9-10,12H,3-5,7-8H2,1-2H3. The number of benzene rings is 1. The number of rotatable bonds is 3. The van der Waals surface area contributed by atoms with Crippen molar-refractivity contribution in [3.05, 3.63) is 23.8 Å². The highest BCUT2D eigenvalue weighted by atomic mass is 32.2. The largest absolute Gasteiger partial charge is 0.371 e. The number of anilines is 1. The molecular formula is C15H20N2S. The molecule has 0 atom stereocenters. The molecule has 0 spiro atoms. The first-order valence-corrected chi connectivity index (χ1v) is 7.80. The molecule has 1 aromatic rings. The van der Waals surface area contributed by atoms with Gasteiger partial charge in [0, 0.05) is 18.0 Å². The lowest BCUT2D eigenvalue weighted by Gasteiger charge is -2.33. The van der Waals surface area contributed by atoms with E-state index in [9.17, 15) is 5.26 Å². The fraction of sp³-hybridized carbons (Fsp3) is 0.533. The van der Waals surface area contributed by atoms with E-state index in [-0.39, 0.29) is 0 Å². The van der Waals surface area contributed by atoms with Gasteiger partial charge in [0.25, 0.3) is 0 Å². The fourth-order valence-electron chi connectivity index (χ4n) is 2.76. The molecule has 1 aromatic carbocycles. The summed E-state index contributed by atoms with van der Waals surface area (Å²) in [6.07, 6.45) is 8.54. The van der Waals surface area contributed by atoms with Crippen molar-refractivity contribution in [1.29, 1.82) is 5.26 Å². The molecule has 0 heterocycles. The maximum atomic E-state index is 9.39. The van der Waals surface area contributed by atoms with Crippen LogP contribution in [0.2, 0.25) is 0 Å². The van der Waals surface area contributed by atoms with Crippen molar-refractivity contribution in [3.8, 4) is 6.07 Å². The van der Waals surface area contributed by atoms with Gasteiger partial charge in [-0.1, -0.05) is 25.3 Å². The molecule has 0 radical (unpaired) electrons. The second kappa shape index (κ2) is 6.15. The van der Waals surface area contributed by atoms with Gasteiger partial charge in [-0.25, -0.2) is 0 Å². The van der Waals surface area contributed by atoms with Gasteiger partial charge in [0.15, 0.2) is 0 Å². The topological polar surface area (TPSA) is 27.0 Å². The van der Waals surface area contributed by atoms with Crippen LogP contribution in [0.4, 0.5) is 5.69 Å². The van der Waals surface area contributed by atoms with Crippen LogP contribution in [0.3, 0.4) is 0 Å². The lowest BCUT2D eigenvalue weighted by Crippen LogP contribution is -2.33. The van der Waals surface area contributed by atoms with Gasteiger partial charge in [0.05, 0.1) is 11.3 Å². The van der Waals surface area contributed by atoms with E-state index < -0.39 is 0 Å². The third kappa shape index (κ3) is 2.64. The Morgan fingerprint density at radius 3 is 2.61 bits per heavy atom. The second-order valence-electron chi connectivity index (χ2n) is 4.87. The molecule has 0 amide bonds. The van der Waals surface area contributed by atoms with Crippen LogP contribution >= 0.6 is 11.8 Å². The molecule has 1 aliphatic rings. The highest BCUT2D eigenvalue weighted by Crippen LogP contribution is 2.32. The van der Waals surface area contributed by atoms with Crippen LogP contribution in [0.5, 0.6) is 0 Å². The third-order valence-electron chi connectivity index (χ3n) is 3.84. The predicted octanol–water partition coefficient (Wildman–Crippen LogP) is 4.05. The van der Waals surface area contributed by atoms with Crippen LogP contribution < -0.4 is 4.90 Å². The first-order chi connectivity index (χ1) is 8.77. The zero-order chi connectivity index (χ0) is 13.0. The zero-order valence-electron chi connectivity index (χ0n) is 11.1. The van der Waals surface area contributed by atoms with Crippen LogP contribution in [0, 0.1) is 11.3 Å². The number of hydrogen-bond donors (Lipinski definition) is 0. The minimum Gasteiger partial charge on any atom is -0.371 e. The SMILES string of the molecule is CSc1cccc(N(C)C2CCCCC2)c1C#N. The summed E-state index contributed by atoms with van der Waals surface area (Å²) in [5.74, 6) is 0. The van der Waals surface area contributed by atoms with Crippen LogP contribution in [0.1, 0.15) is 37.7 Å². The first-order valence-electron chi connectivity index (χ1n) is 6.58. The summed E-state index contributed by atoms with van der Waals surface area (Å²) in [6, 6.07) is 9.13. The van der Waals surface area contributed by atoms with Gasteiger partial charge in [-0.05, 0) is 31.2 Å². The van der Waals surface area contributed by atoms with Crippen molar-refractivity contribution in [2.45, 2.75) is 43.0 Å². The molecule has 18 heavy (non-hydrogen) atoms. The Morgan fingerprint density at radius 2 is 2.00 bits per heavy atom. The van der Waals surface area contributed by atoms with Crippen molar-refractivity contribution in [2.24, 2.45) is 0 Å². The van der Waals surface area contributed by atoms with Gasteiger partial charge in [0.1, 0.15) is 6.07 Å². The number of hydrogen-bond acceptors (Lipinski definition) is 3. The Labute approximate surface area is 114 Å². The average Bonchev–Trinajstić information content (AvgIpc) is 2.46. The van der Waals surface area contributed by atoms with Crippen molar-refractivity contribution in [3.63, 3.8) is 0 Å². The van der Waals surface area contributed by atoms with E-state index >= 15 is 0 Å². The lowest BCUT2D eigenvalue weighted by atomic mass is 9.94. The smallest absolute Gasteiger partial charge is 0.103 e. The minimum absolute atomic E-state index is 0.600. The quantitative estimate of drug-likeness (QED) is 0.767. The molecular weight excluding hydrogens is 240 g/mol. The summed E-state index contributed by atoms with van der Waals surface area (Å²) in [5, 5.41) is 9.39. The highest BCUT2D eigenvalue weighted by molar-refractivity contribution is 7.98. The highest BCUT2D eigenvalue weighted by Gasteiger charge is 2.21. The van der Waals surface area contributed by atoms with Crippen LogP contribution in [0.25, 0.3) is 0 Å². The van der Waals surface area contributed by atoms with Crippen LogP contribution in [-0.2, 0) is 0 Å². The van der Waals surface area contributed by atoms with E-state index in [1.807, 2.05) is 12.3 Å². The van der Waals surface area contributed by atoms with Gasteiger partial charge in [-0.2, -0.15) is 5.26 Å². The second-order valence-corrected chi connectivity index (χ2v) is 5.72. The Balaban J connectivity index is 2.29. The van der Waals surface area contributed by atoms with E-state index in [1.54, 1.807) is 11.8 Å². The summed E-state index contributed by atoms with van der Waals surface area (Å²) in [6.45, 7) is 0. The van der Waals surface area contributed by atoms with Crippen molar-refractivity contribution >= 4 is 17.4 Å². The maximum Gasteiger partial charge on any atom is 0.103 e. The summed E-state index contributed by atoms with van der Waals surface area (Å²) in [4.78, 5) is 3.40. The Morgan fingerprint density at radius 1 is 1.28 bits per heavy atom. The summed E-state index contributed by atoms with van der Waals surface area (Å²) < 4.78 is 0. The van der Waals surface area contributed by atoms with Crippen molar-refractivity contribution in [2.75, 3.05) is 18.2 Å². The molecule has 1 aliphatic carbocycles. The van der Waals surface area contributed by atoms with Gasteiger partial charge < -0.3 is 4.90 Å². The number of thioether (sulfide) groups is 1. The number of nitrogens with zero attached hydrogens (tertiary/aromatic N) is 2. The summed E-state index contributed by atoms with van der Waals surface area (Å²) >= 11 is 1.65. The van der Waals surface area contributed by atoms with Gasteiger partial charge in [0.2, 0.25) is 0 Å². The normalized spacial score (nSPS) is 16.3. The van der Waals surface area contributed by atoms with Crippen LogP contribution in [0.15, 0.2) is 23.1 Å². The van der Waals surface area contributed by atoms with Crippen LogP contribution in [-0.4, -0.2) is 19.3 Å². The Hall–Kier alpha value is -1.14. The lowest BCUT2D eigenvalue weighted by molar-refractivity contribution is 0.427. The zero-order valence-corrected chi connectivity index (χ0v) is 12.0. The van der Waals surface area contributed by atoms with E-state index in [0.29, 0.717) is 6.04 Å². The Bertz CT molecular complexity index is 444. The molecule has 2 rings (SSSR count). The van der Waals surface area contributed by atoms with Crippen molar-refractivity contribution in [1.82, 2.24) is 0 Å². The molecule has 1 fully saturated rings. The summed E-state index contributed by atoms with van der Waals surface area (Å²) in [5.41, 5.74) is 1.93. The maximum absolute atomic E-state index is 9.39. The molecule has 0 aliphatic heterocycles. The van der Waals surface area contributed by atoms with Crippen molar-refractivity contribution < 1.29 is 0 Å². The van der Waals surface area contributed by atoms with Gasteiger partial charge >= 0.3 is 0 Å². The third-order valence-corrected chi connectivity index (χ3v) is 4.62. The number of nitriles is 1. The average molecular weight is 260 g/mol. The predicted molar refractivity (Wildman–Crippen MR) is 78.2 cm³/mol. The molecule has 0 N–H and O–H groups in total. The molecule has 1 saturated carbocycles. The summed E-state index contributed by atoms with van der Waals surface area (Å²) in [7, 11) is 2.14. The molecule has 0 saturated heterocycles. The molecule has 0 bridgehead atoms. The molecule has 0 unspecified atom stereocenters. The molecule has 3 heteroatoms. The molecule has 2 nitrogen and oxygen atoms in total. The van der Waals surface area contributed by atoms with E-state index in [0.717, 1.165) is 16.1 Å². The molecule has 0 aromatic heterocycles.